The van der Waals surface area contributed by atoms with Gasteiger partial charge in [-0.2, -0.15) is 18.2 Å². The highest BCUT2D eigenvalue weighted by atomic mass is 19.4. The lowest BCUT2D eigenvalue weighted by atomic mass is 9.92. The number of halogens is 3. The molecule has 3 heterocycles. The highest BCUT2D eigenvalue weighted by Gasteiger charge is 2.37. The molecule has 0 atom stereocenters. The Balaban J connectivity index is 1.88. The van der Waals surface area contributed by atoms with E-state index in [4.69, 9.17) is 15.2 Å². The van der Waals surface area contributed by atoms with Crippen molar-refractivity contribution in [2.24, 2.45) is 5.73 Å². The molecule has 3 aromatic rings. The zero-order chi connectivity index (χ0) is 25.9. The maximum absolute atomic E-state index is 13.8. The molecule has 1 amide bonds. The van der Waals surface area contributed by atoms with Crippen LogP contribution in [0.25, 0.3) is 22.3 Å². The molecule has 1 saturated heterocycles. The van der Waals surface area contributed by atoms with Gasteiger partial charge in [0, 0.05) is 30.9 Å². The fraction of sp³-hybridized carbons (Fsp3) is 0.320. The number of benzene rings is 1. The second-order valence-corrected chi connectivity index (χ2v) is 8.20. The number of anilines is 1. The first-order chi connectivity index (χ1) is 17.2. The largest absolute Gasteiger partial charge is 0.475 e. The number of morpholine rings is 1. The number of hydrogen-bond acceptors (Lipinski definition) is 7. The first-order valence-corrected chi connectivity index (χ1v) is 11.2. The molecule has 4 rings (SSSR count). The number of aliphatic hydroxyl groups is 1. The number of ether oxygens (including phenoxy) is 2. The van der Waals surface area contributed by atoms with Crippen LogP contribution in [0.4, 0.5) is 19.0 Å². The Morgan fingerprint density at radius 1 is 1.17 bits per heavy atom. The van der Waals surface area contributed by atoms with Gasteiger partial charge < -0.3 is 25.2 Å². The smallest absolute Gasteiger partial charge is 0.433 e. The average molecular weight is 502 g/mol. The minimum absolute atomic E-state index is 0.0324. The number of nitrogens with two attached hydrogens (primary N) is 1. The van der Waals surface area contributed by atoms with Gasteiger partial charge in [-0.3, -0.25) is 9.78 Å². The van der Waals surface area contributed by atoms with Crippen LogP contribution in [0.15, 0.2) is 42.6 Å². The number of nitrogens with zero attached hydrogens (tertiary/aromatic N) is 3. The molecule has 0 unspecified atom stereocenters. The average Bonchev–Trinajstić information content (AvgIpc) is 2.87. The third-order valence-corrected chi connectivity index (χ3v) is 5.79. The summed E-state index contributed by atoms with van der Waals surface area (Å²) in [6.45, 7) is 3.94. The van der Waals surface area contributed by atoms with Crippen LogP contribution in [0.3, 0.4) is 0 Å². The third-order valence-electron chi connectivity index (χ3n) is 5.79. The van der Waals surface area contributed by atoms with E-state index in [-0.39, 0.29) is 35.8 Å². The Bertz CT molecular complexity index is 1260. The number of alkyl halides is 3. The summed E-state index contributed by atoms with van der Waals surface area (Å²) in [5.41, 5.74) is 5.77. The van der Waals surface area contributed by atoms with E-state index in [1.807, 2.05) is 17.9 Å². The van der Waals surface area contributed by atoms with E-state index in [0.717, 1.165) is 11.8 Å². The van der Waals surface area contributed by atoms with Crippen LogP contribution in [-0.4, -0.2) is 60.5 Å². The monoisotopic (exact) mass is 502 g/mol. The van der Waals surface area contributed by atoms with Crippen molar-refractivity contribution in [3.8, 4) is 28.1 Å². The van der Waals surface area contributed by atoms with Gasteiger partial charge in [-0.25, -0.2) is 0 Å². The fourth-order valence-corrected chi connectivity index (χ4v) is 4.09. The molecule has 8 nitrogen and oxygen atoms in total. The molecule has 0 aliphatic carbocycles. The number of carbonyl (C=O) groups excluding carboxylic acids is 1. The van der Waals surface area contributed by atoms with Gasteiger partial charge in [0.2, 0.25) is 11.8 Å². The van der Waals surface area contributed by atoms with Crippen molar-refractivity contribution in [3.05, 3.63) is 59.4 Å². The normalized spacial score (nSPS) is 14.1. The molecule has 2 aromatic heterocycles. The van der Waals surface area contributed by atoms with Crippen molar-refractivity contribution >= 4 is 11.7 Å². The number of aromatic nitrogens is 2. The van der Waals surface area contributed by atoms with Crippen LogP contribution < -0.4 is 15.4 Å². The number of carbonyl (C=O) groups is 1. The lowest BCUT2D eigenvalue weighted by molar-refractivity contribution is -0.140. The minimum atomic E-state index is -4.79. The molecule has 0 saturated carbocycles. The van der Waals surface area contributed by atoms with Crippen LogP contribution in [0.2, 0.25) is 0 Å². The summed E-state index contributed by atoms with van der Waals surface area (Å²) in [5.74, 6) is -0.106. The van der Waals surface area contributed by atoms with Crippen LogP contribution in [-0.2, 0) is 10.9 Å². The van der Waals surface area contributed by atoms with Gasteiger partial charge in [-0.1, -0.05) is 12.1 Å². The van der Waals surface area contributed by atoms with Crippen molar-refractivity contribution in [3.63, 3.8) is 0 Å². The van der Waals surface area contributed by atoms with Gasteiger partial charge in [-0.15, -0.1) is 0 Å². The predicted molar refractivity (Wildman–Crippen MR) is 127 cm³/mol. The van der Waals surface area contributed by atoms with E-state index in [9.17, 15) is 23.1 Å². The molecular formula is C25H25F3N4O4. The quantitative estimate of drug-likeness (QED) is 0.509. The number of aryl methyl sites for hydroxylation is 1. The van der Waals surface area contributed by atoms with Crippen LogP contribution in [0.1, 0.15) is 21.6 Å². The van der Waals surface area contributed by atoms with Crippen molar-refractivity contribution in [2.45, 2.75) is 13.1 Å². The molecule has 190 valence electrons. The molecular weight excluding hydrogens is 477 g/mol. The number of primary amides is 1. The minimum Gasteiger partial charge on any atom is -0.475 e. The zero-order valence-corrected chi connectivity index (χ0v) is 19.5. The summed E-state index contributed by atoms with van der Waals surface area (Å²) < 4.78 is 52.5. The topological polar surface area (TPSA) is 111 Å². The molecule has 1 aromatic carbocycles. The van der Waals surface area contributed by atoms with Gasteiger partial charge in [-0.05, 0) is 47.4 Å². The Morgan fingerprint density at radius 3 is 2.58 bits per heavy atom. The summed E-state index contributed by atoms with van der Waals surface area (Å²) in [7, 11) is 0. The highest BCUT2D eigenvalue weighted by Crippen LogP contribution is 2.40. The third kappa shape index (κ3) is 5.42. The van der Waals surface area contributed by atoms with Gasteiger partial charge in [0.15, 0.2) is 5.69 Å². The van der Waals surface area contributed by atoms with E-state index < -0.39 is 17.8 Å². The first kappa shape index (κ1) is 25.4. The maximum Gasteiger partial charge on any atom is 0.433 e. The van der Waals surface area contributed by atoms with Crippen LogP contribution >= 0.6 is 0 Å². The molecule has 11 heteroatoms. The summed E-state index contributed by atoms with van der Waals surface area (Å²) in [4.78, 5) is 22.1. The van der Waals surface area contributed by atoms with E-state index in [2.05, 4.69) is 9.97 Å². The summed E-state index contributed by atoms with van der Waals surface area (Å²) in [6.07, 6.45) is -3.87. The van der Waals surface area contributed by atoms with Crippen LogP contribution in [0.5, 0.6) is 5.88 Å². The number of amides is 1. The number of aliphatic hydroxyl groups excluding tert-OH is 1. The fourth-order valence-electron chi connectivity index (χ4n) is 4.09. The maximum atomic E-state index is 13.8. The second-order valence-electron chi connectivity index (χ2n) is 8.20. The summed E-state index contributed by atoms with van der Waals surface area (Å²) >= 11 is 0. The predicted octanol–water partition coefficient (Wildman–Crippen LogP) is 3.44. The molecule has 1 aliphatic heterocycles. The molecule has 0 spiro atoms. The molecule has 1 fully saturated rings. The molecule has 0 bridgehead atoms. The number of rotatable bonds is 7. The van der Waals surface area contributed by atoms with E-state index >= 15 is 0 Å². The van der Waals surface area contributed by atoms with Crippen molar-refractivity contribution in [1.82, 2.24) is 9.97 Å². The summed E-state index contributed by atoms with van der Waals surface area (Å²) in [5, 5.41) is 9.19. The second kappa shape index (κ2) is 10.5. The van der Waals surface area contributed by atoms with Gasteiger partial charge >= 0.3 is 6.18 Å². The molecule has 3 N–H and O–H groups in total. The molecule has 1 aliphatic rings. The van der Waals surface area contributed by atoms with E-state index in [1.54, 1.807) is 18.2 Å². The standard InChI is InChI=1S/C25H25F3N4O4/c1-15-2-3-16(22-18(24(29)34)4-5-30-23(22)25(26,27)28)12-19(15)17-13-20(32-6-9-35-10-7-32)31-21(14-17)36-11-8-33/h2-5,12-14,33H,6-11H2,1H3,(H2,29,34). The number of pyridine rings is 2. The van der Waals surface area contributed by atoms with E-state index in [0.29, 0.717) is 43.2 Å². The number of hydrogen-bond donors (Lipinski definition) is 2. The lowest BCUT2D eigenvalue weighted by Crippen LogP contribution is -2.36. The Hall–Kier alpha value is -3.70. The zero-order valence-electron chi connectivity index (χ0n) is 19.5. The Kier molecular flexibility index (Phi) is 7.41. The van der Waals surface area contributed by atoms with Crippen molar-refractivity contribution in [2.75, 3.05) is 44.4 Å². The Morgan fingerprint density at radius 2 is 1.92 bits per heavy atom. The molecule has 36 heavy (non-hydrogen) atoms. The lowest BCUT2D eigenvalue weighted by Gasteiger charge is -2.28. The first-order valence-electron chi connectivity index (χ1n) is 11.2. The highest BCUT2D eigenvalue weighted by molar-refractivity contribution is 6.00. The SMILES string of the molecule is Cc1ccc(-c2c(C(N)=O)ccnc2C(F)(F)F)cc1-c1cc(OCCO)nc(N2CCOCC2)c1. The van der Waals surface area contributed by atoms with Gasteiger partial charge in [0.1, 0.15) is 12.4 Å². The van der Waals surface area contributed by atoms with Gasteiger partial charge in [0.05, 0.1) is 25.4 Å². The van der Waals surface area contributed by atoms with Crippen LogP contribution in [0, 0.1) is 6.92 Å². The van der Waals surface area contributed by atoms with E-state index in [1.165, 1.54) is 12.1 Å². The van der Waals surface area contributed by atoms with Gasteiger partial charge in [0.25, 0.3) is 0 Å². The summed E-state index contributed by atoms with van der Waals surface area (Å²) in [6, 6.07) is 9.41. The van der Waals surface area contributed by atoms with Crippen molar-refractivity contribution in [1.29, 1.82) is 0 Å². The van der Waals surface area contributed by atoms with Crippen molar-refractivity contribution < 1.29 is 32.5 Å². The molecule has 0 radical (unpaired) electrons. The Labute approximate surface area is 205 Å².